The van der Waals surface area contributed by atoms with Crippen molar-refractivity contribution >= 4 is 5.97 Å². The standard InChI is InChI=1S/C10H19NO3/c1-8(2)11(5-4-6-12)7-9(3)10(13)14/h8,12H,3-7H2,1-2H3,(H,13,14). The third kappa shape index (κ3) is 4.99. The van der Waals surface area contributed by atoms with Gasteiger partial charge in [0.05, 0.1) is 0 Å². The minimum Gasteiger partial charge on any atom is -0.478 e. The van der Waals surface area contributed by atoms with Gasteiger partial charge >= 0.3 is 5.97 Å². The zero-order valence-electron chi connectivity index (χ0n) is 8.86. The van der Waals surface area contributed by atoms with Crippen molar-refractivity contribution in [3.63, 3.8) is 0 Å². The zero-order chi connectivity index (χ0) is 11.1. The van der Waals surface area contributed by atoms with E-state index in [1.807, 2.05) is 18.7 Å². The summed E-state index contributed by atoms with van der Waals surface area (Å²) < 4.78 is 0. The SMILES string of the molecule is C=C(CN(CCCO)C(C)C)C(=O)O. The first-order valence-corrected chi connectivity index (χ1v) is 4.75. The molecule has 0 rings (SSSR count). The molecule has 0 aliphatic heterocycles. The number of aliphatic hydroxyl groups excluding tert-OH is 1. The van der Waals surface area contributed by atoms with Crippen LogP contribution in [0.3, 0.4) is 0 Å². The van der Waals surface area contributed by atoms with E-state index < -0.39 is 5.97 Å². The molecule has 0 aliphatic rings. The van der Waals surface area contributed by atoms with Crippen LogP contribution >= 0.6 is 0 Å². The molecular formula is C10H19NO3. The van der Waals surface area contributed by atoms with E-state index in [1.54, 1.807) is 0 Å². The summed E-state index contributed by atoms with van der Waals surface area (Å²) in [6, 6.07) is 0.262. The fraction of sp³-hybridized carbons (Fsp3) is 0.700. The van der Waals surface area contributed by atoms with E-state index in [4.69, 9.17) is 10.2 Å². The second-order valence-electron chi connectivity index (χ2n) is 3.55. The van der Waals surface area contributed by atoms with Gasteiger partial charge in [0.2, 0.25) is 0 Å². The van der Waals surface area contributed by atoms with Crippen molar-refractivity contribution in [3.8, 4) is 0 Å². The van der Waals surface area contributed by atoms with Crippen molar-refractivity contribution in [2.24, 2.45) is 0 Å². The fourth-order valence-corrected chi connectivity index (χ4v) is 1.11. The minimum absolute atomic E-state index is 0.128. The average molecular weight is 201 g/mol. The minimum atomic E-state index is -0.959. The van der Waals surface area contributed by atoms with Crippen LogP contribution in [0, 0.1) is 0 Å². The lowest BCUT2D eigenvalue weighted by molar-refractivity contribution is -0.132. The second kappa shape index (κ2) is 6.56. The maximum absolute atomic E-state index is 10.6. The smallest absolute Gasteiger partial charge is 0.332 e. The Morgan fingerprint density at radius 3 is 2.43 bits per heavy atom. The number of carboxylic acid groups (broad SMARTS) is 1. The highest BCUT2D eigenvalue weighted by atomic mass is 16.4. The van der Waals surface area contributed by atoms with Crippen molar-refractivity contribution in [2.75, 3.05) is 19.7 Å². The predicted molar refractivity (Wildman–Crippen MR) is 55.2 cm³/mol. The van der Waals surface area contributed by atoms with Gasteiger partial charge in [0.1, 0.15) is 0 Å². The van der Waals surface area contributed by atoms with Crippen molar-refractivity contribution in [1.82, 2.24) is 4.90 Å². The van der Waals surface area contributed by atoms with Crippen LogP contribution < -0.4 is 0 Å². The molecule has 0 aromatic heterocycles. The molecule has 0 aliphatic carbocycles. The van der Waals surface area contributed by atoms with Crippen LogP contribution in [0.1, 0.15) is 20.3 Å². The average Bonchev–Trinajstić information content (AvgIpc) is 2.10. The molecule has 4 heteroatoms. The second-order valence-corrected chi connectivity index (χ2v) is 3.55. The molecule has 0 amide bonds. The maximum Gasteiger partial charge on any atom is 0.332 e. The van der Waals surface area contributed by atoms with E-state index >= 15 is 0 Å². The van der Waals surface area contributed by atoms with Crippen molar-refractivity contribution < 1.29 is 15.0 Å². The van der Waals surface area contributed by atoms with Gasteiger partial charge in [-0.2, -0.15) is 0 Å². The number of nitrogens with zero attached hydrogens (tertiary/aromatic N) is 1. The maximum atomic E-state index is 10.6. The summed E-state index contributed by atoms with van der Waals surface area (Å²) >= 11 is 0. The Kier molecular flexibility index (Phi) is 6.16. The molecule has 0 saturated heterocycles. The Bertz CT molecular complexity index is 202. The first-order valence-electron chi connectivity index (χ1n) is 4.75. The van der Waals surface area contributed by atoms with Crippen LogP contribution in [-0.2, 0) is 4.79 Å². The summed E-state index contributed by atoms with van der Waals surface area (Å²) in [7, 11) is 0. The van der Waals surface area contributed by atoms with Gasteiger partial charge in [0.25, 0.3) is 0 Å². The van der Waals surface area contributed by atoms with Gasteiger partial charge < -0.3 is 10.2 Å². The summed E-state index contributed by atoms with van der Waals surface area (Å²) in [5.41, 5.74) is 0.191. The normalized spacial score (nSPS) is 10.9. The Labute approximate surface area is 84.8 Å². The van der Waals surface area contributed by atoms with Gasteiger partial charge in [-0.15, -0.1) is 0 Å². The van der Waals surface area contributed by atoms with Crippen LogP contribution in [-0.4, -0.2) is 46.8 Å². The molecular weight excluding hydrogens is 182 g/mol. The molecule has 0 atom stereocenters. The van der Waals surface area contributed by atoms with E-state index in [2.05, 4.69) is 6.58 Å². The summed E-state index contributed by atoms with van der Waals surface area (Å²) in [6.45, 7) is 8.64. The molecule has 0 unspecified atom stereocenters. The number of hydrogen-bond acceptors (Lipinski definition) is 3. The zero-order valence-corrected chi connectivity index (χ0v) is 8.86. The van der Waals surface area contributed by atoms with E-state index in [-0.39, 0.29) is 18.2 Å². The van der Waals surface area contributed by atoms with Crippen LogP contribution in [0.15, 0.2) is 12.2 Å². The quantitative estimate of drug-likeness (QED) is 0.596. The van der Waals surface area contributed by atoms with Gasteiger partial charge in [-0.25, -0.2) is 4.79 Å². The number of hydrogen-bond donors (Lipinski definition) is 2. The van der Waals surface area contributed by atoms with Crippen LogP contribution in [0.2, 0.25) is 0 Å². The molecule has 2 N–H and O–H groups in total. The van der Waals surface area contributed by atoms with Crippen molar-refractivity contribution in [3.05, 3.63) is 12.2 Å². The lowest BCUT2D eigenvalue weighted by Crippen LogP contribution is -2.35. The first kappa shape index (κ1) is 13.1. The Hall–Kier alpha value is -0.870. The summed E-state index contributed by atoms with van der Waals surface area (Å²) in [5.74, 6) is -0.959. The molecule has 0 saturated carbocycles. The third-order valence-corrected chi connectivity index (χ3v) is 2.03. The number of rotatable bonds is 7. The number of aliphatic hydroxyl groups is 1. The highest BCUT2D eigenvalue weighted by Crippen LogP contribution is 2.03. The lowest BCUT2D eigenvalue weighted by atomic mass is 10.2. The molecule has 0 aromatic carbocycles. The van der Waals surface area contributed by atoms with Crippen molar-refractivity contribution in [1.29, 1.82) is 0 Å². The Morgan fingerprint density at radius 2 is 2.07 bits per heavy atom. The highest BCUT2D eigenvalue weighted by Gasteiger charge is 2.13. The molecule has 0 fully saturated rings. The van der Waals surface area contributed by atoms with Gasteiger partial charge in [-0.1, -0.05) is 6.58 Å². The Morgan fingerprint density at radius 1 is 1.50 bits per heavy atom. The van der Waals surface area contributed by atoms with Gasteiger partial charge in [0.15, 0.2) is 0 Å². The van der Waals surface area contributed by atoms with Crippen LogP contribution in [0.4, 0.5) is 0 Å². The fourth-order valence-electron chi connectivity index (χ4n) is 1.11. The number of carboxylic acids is 1. The summed E-state index contributed by atoms with van der Waals surface area (Å²) in [6.07, 6.45) is 0.658. The summed E-state index contributed by atoms with van der Waals surface area (Å²) in [5, 5.41) is 17.3. The van der Waals surface area contributed by atoms with E-state index in [0.29, 0.717) is 19.5 Å². The van der Waals surface area contributed by atoms with Crippen LogP contribution in [0.5, 0.6) is 0 Å². The monoisotopic (exact) mass is 201 g/mol. The molecule has 0 bridgehead atoms. The van der Waals surface area contributed by atoms with E-state index in [9.17, 15) is 4.79 Å². The predicted octanol–water partition coefficient (Wildman–Crippen LogP) is 0.720. The summed E-state index contributed by atoms with van der Waals surface area (Å²) in [4.78, 5) is 12.5. The molecule has 0 radical (unpaired) electrons. The number of aliphatic carboxylic acids is 1. The molecule has 0 heterocycles. The lowest BCUT2D eigenvalue weighted by Gasteiger charge is -2.25. The van der Waals surface area contributed by atoms with Gasteiger partial charge in [-0.3, -0.25) is 4.90 Å². The number of carbonyl (C=O) groups is 1. The molecule has 14 heavy (non-hydrogen) atoms. The van der Waals surface area contributed by atoms with E-state index in [1.165, 1.54) is 0 Å². The first-order chi connectivity index (χ1) is 6.49. The van der Waals surface area contributed by atoms with Gasteiger partial charge in [-0.05, 0) is 20.3 Å². The third-order valence-electron chi connectivity index (χ3n) is 2.03. The molecule has 0 aromatic rings. The van der Waals surface area contributed by atoms with Crippen molar-refractivity contribution in [2.45, 2.75) is 26.3 Å². The Balaban J connectivity index is 4.09. The molecule has 82 valence electrons. The molecule has 0 spiro atoms. The van der Waals surface area contributed by atoms with Crippen LogP contribution in [0.25, 0.3) is 0 Å². The van der Waals surface area contributed by atoms with Gasteiger partial charge in [0, 0.05) is 31.3 Å². The largest absolute Gasteiger partial charge is 0.478 e. The topological polar surface area (TPSA) is 60.8 Å². The van der Waals surface area contributed by atoms with E-state index in [0.717, 1.165) is 0 Å². The molecule has 4 nitrogen and oxygen atoms in total. The highest BCUT2D eigenvalue weighted by molar-refractivity contribution is 5.86.